The molecule has 1 saturated heterocycles. The summed E-state index contributed by atoms with van der Waals surface area (Å²) in [6.45, 7) is 7.50. The van der Waals surface area contributed by atoms with Gasteiger partial charge in [-0.3, -0.25) is 9.59 Å². The molecule has 0 aromatic rings. The summed E-state index contributed by atoms with van der Waals surface area (Å²) in [4.78, 5) is 35.8. The van der Waals surface area contributed by atoms with Crippen molar-refractivity contribution >= 4 is 18.0 Å². The minimum absolute atomic E-state index is 0.244. The highest BCUT2D eigenvalue weighted by Gasteiger charge is 2.49. The second kappa shape index (κ2) is 5.78. The van der Waals surface area contributed by atoms with Crippen molar-refractivity contribution in [1.29, 1.82) is 0 Å². The third-order valence-electron chi connectivity index (χ3n) is 2.91. The van der Waals surface area contributed by atoms with E-state index in [1.807, 2.05) is 0 Å². The Labute approximate surface area is 117 Å². The minimum atomic E-state index is -1.09. The summed E-state index contributed by atoms with van der Waals surface area (Å²) in [5.41, 5.74) is -0.764. The fraction of sp³-hybridized carbons (Fsp3) is 0.769. The van der Waals surface area contributed by atoms with Crippen LogP contribution in [0.15, 0.2) is 0 Å². The Balaban J connectivity index is 2.90. The van der Waals surface area contributed by atoms with Gasteiger partial charge in [0.05, 0.1) is 12.0 Å². The Morgan fingerprint density at radius 3 is 2.35 bits per heavy atom. The molecule has 1 heterocycles. The molecule has 20 heavy (non-hydrogen) atoms. The first-order valence-electron chi connectivity index (χ1n) is 6.42. The summed E-state index contributed by atoms with van der Waals surface area (Å²) in [7, 11) is 0. The molecule has 7 nitrogen and oxygen atoms in total. The molecule has 0 radical (unpaired) electrons. The summed E-state index contributed by atoms with van der Waals surface area (Å²) < 4.78 is 9.94. The van der Waals surface area contributed by atoms with E-state index >= 15 is 0 Å². The zero-order chi connectivity index (χ0) is 15.7. The zero-order valence-corrected chi connectivity index (χ0v) is 12.4. The van der Waals surface area contributed by atoms with Crippen LogP contribution in [-0.4, -0.2) is 52.3 Å². The molecule has 2 amide bonds. The number of nitrogens with zero attached hydrogens (tertiary/aromatic N) is 1. The van der Waals surface area contributed by atoms with E-state index < -0.39 is 41.6 Å². The molecule has 0 aromatic heterocycles. The van der Waals surface area contributed by atoms with Gasteiger partial charge in [-0.25, -0.2) is 9.69 Å². The van der Waals surface area contributed by atoms with Crippen molar-refractivity contribution in [1.82, 2.24) is 4.90 Å². The van der Waals surface area contributed by atoms with Crippen LogP contribution < -0.4 is 0 Å². The van der Waals surface area contributed by atoms with Gasteiger partial charge in [0, 0.05) is 6.92 Å². The Morgan fingerprint density at radius 2 is 1.90 bits per heavy atom. The second-order valence-corrected chi connectivity index (χ2v) is 5.84. The largest absolute Gasteiger partial charge is 0.464 e. The van der Waals surface area contributed by atoms with Crippen LogP contribution in [0.3, 0.4) is 0 Å². The number of aliphatic hydroxyl groups is 1. The summed E-state index contributed by atoms with van der Waals surface area (Å²) in [6.07, 6.45) is -1.93. The molecule has 1 aliphatic rings. The number of ether oxygens (including phenoxy) is 2. The van der Waals surface area contributed by atoms with E-state index in [9.17, 15) is 19.5 Å². The fourth-order valence-corrected chi connectivity index (χ4v) is 1.93. The maximum atomic E-state index is 12.0. The number of aliphatic hydroxyl groups excluding tert-OH is 1. The molecular weight excluding hydrogens is 266 g/mol. The highest BCUT2D eigenvalue weighted by atomic mass is 16.6. The molecule has 0 aromatic carbocycles. The standard InChI is InChI=1S/C13H21NO6/c1-7-10(16)9(6-19-8(2)15)14(11(7)17)12(18)20-13(3,4)5/h7,9-10,16H,6H2,1-5H3/t7-,9-,10+/m1/s1. The summed E-state index contributed by atoms with van der Waals surface area (Å²) in [5.74, 6) is -1.83. The quantitative estimate of drug-likeness (QED) is 0.751. The number of imide groups is 1. The van der Waals surface area contributed by atoms with Crippen molar-refractivity contribution in [3.8, 4) is 0 Å². The topological polar surface area (TPSA) is 93.1 Å². The molecule has 0 saturated carbocycles. The van der Waals surface area contributed by atoms with Gasteiger partial charge in [0.15, 0.2) is 0 Å². The molecule has 1 fully saturated rings. The lowest BCUT2D eigenvalue weighted by Crippen LogP contribution is -2.46. The average molecular weight is 287 g/mol. The lowest BCUT2D eigenvalue weighted by atomic mass is 10.0. The maximum absolute atomic E-state index is 12.0. The van der Waals surface area contributed by atoms with E-state index in [0.717, 1.165) is 4.90 Å². The van der Waals surface area contributed by atoms with E-state index in [0.29, 0.717) is 0 Å². The summed E-state index contributed by atoms with van der Waals surface area (Å²) in [6, 6.07) is -0.920. The van der Waals surface area contributed by atoms with Gasteiger partial charge in [-0.1, -0.05) is 6.92 Å². The van der Waals surface area contributed by atoms with Crippen molar-refractivity contribution in [2.75, 3.05) is 6.61 Å². The van der Waals surface area contributed by atoms with Crippen LogP contribution in [0, 0.1) is 5.92 Å². The predicted octanol–water partition coefficient (Wildman–Crippen LogP) is 0.692. The molecule has 114 valence electrons. The molecule has 7 heteroatoms. The van der Waals surface area contributed by atoms with Crippen molar-refractivity contribution in [3.63, 3.8) is 0 Å². The first-order chi connectivity index (χ1) is 9.04. The van der Waals surface area contributed by atoms with Crippen LogP contribution in [-0.2, 0) is 19.1 Å². The van der Waals surface area contributed by atoms with Gasteiger partial charge >= 0.3 is 12.1 Å². The monoisotopic (exact) mass is 287 g/mol. The van der Waals surface area contributed by atoms with Crippen LogP contribution in [0.2, 0.25) is 0 Å². The van der Waals surface area contributed by atoms with Gasteiger partial charge in [0.1, 0.15) is 18.2 Å². The van der Waals surface area contributed by atoms with Gasteiger partial charge in [0.2, 0.25) is 5.91 Å². The number of likely N-dealkylation sites (tertiary alicyclic amines) is 1. The van der Waals surface area contributed by atoms with Crippen molar-refractivity contribution in [2.45, 2.75) is 52.4 Å². The second-order valence-electron chi connectivity index (χ2n) is 5.84. The Kier molecular flexibility index (Phi) is 4.75. The average Bonchev–Trinajstić information content (AvgIpc) is 2.48. The Bertz CT molecular complexity index is 414. The van der Waals surface area contributed by atoms with E-state index in [1.54, 1.807) is 20.8 Å². The maximum Gasteiger partial charge on any atom is 0.417 e. The molecule has 0 unspecified atom stereocenters. The number of hydrogen-bond donors (Lipinski definition) is 1. The molecule has 1 aliphatic heterocycles. The SMILES string of the molecule is CC(=O)OC[C@@H]1[C@@H](O)[C@@H](C)C(=O)N1C(=O)OC(C)(C)C. The van der Waals surface area contributed by atoms with Crippen molar-refractivity contribution in [3.05, 3.63) is 0 Å². The number of rotatable bonds is 2. The lowest BCUT2D eigenvalue weighted by molar-refractivity contribution is -0.144. The van der Waals surface area contributed by atoms with Gasteiger partial charge in [-0.05, 0) is 20.8 Å². The van der Waals surface area contributed by atoms with E-state index in [-0.39, 0.29) is 6.61 Å². The molecule has 0 bridgehead atoms. The molecule has 0 aliphatic carbocycles. The Hall–Kier alpha value is -1.63. The zero-order valence-electron chi connectivity index (χ0n) is 12.4. The number of carbonyl (C=O) groups is 3. The van der Waals surface area contributed by atoms with Gasteiger partial charge in [0.25, 0.3) is 0 Å². The lowest BCUT2D eigenvalue weighted by Gasteiger charge is -2.27. The molecule has 1 N–H and O–H groups in total. The molecule has 1 rings (SSSR count). The highest BCUT2D eigenvalue weighted by molar-refractivity contribution is 5.96. The van der Waals surface area contributed by atoms with Crippen molar-refractivity contribution < 1.29 is 29.0 Å². The number of hydrogen-bond acceptors (Lipinski definition) is 6. The third-order valence-corrected chi connectivity index (χ3v) is 2.91. The predicted molar refractivity (Wildman–Crippen MR) is 68.7 cm³/mol. The summed E-state index contributed by atoms with van der Waals surface area (Å²) >= 11 is 0. The number of esters is 1. The number of amides is 2. The van der Waals surface area contributed by atoms with Crippen LogP contribution in [0.5, 0.6) is 0 Å². The smallest absolute Gasteiger partial charge is 0.417 e. The first-order valence-corrected chi connectivity index (χ1v) is 6.42. The van der Waals surface area contributed by atoms with E-state index in [2.05, 4.69) is 0 Å². The minimum Gasteiger partial charge on any atom is -0.464 e. The normalized spacial score (nSPS) is 26.6. The number of carbonyl (C=O) groups excluding carboxylic acids is 3. The van der Waals surface area contributed by atoms with Crippen LogP contribution in [0.4, 0.5) is 4.79 Å². The fourth-order valence-electron chi connectivity index (χ4n) is 1.93. The van der Waals surface area contributed by atoms with Crippen LogP contribution in [0.1, 0.15) is 34.6 Å². The van der Waals surface area contributed by atoms with E-state index in [1.165, 1.54) is 13.8 Å². The highest BCUT2D eigenvalue weighted by Crippen LogP contribution is 2.27. The van der Waals surface area contributed by atoms with Crippen molar-refractivity contribution in [2.24, 2.45) is 5.92 Å². The van der Waals surface area contributed by atoms with Gasteiger partial charge in [-0.2, -0.15) is 0 Å². The first kappa shape index (κ1) is 16.4. The van der Waals surface area contributed by atoms with Gasteiger partial charge < -0.3 is 14.6 Å². The molecule has 0 spiro atoms. The van der Waals surface area contributed by atoms with Gasteiger partial charge in [-0.15, -0.1) is 0 Å². The van der Waals surface area contributed by atoms with E-state index in [4.69, 9.17) is 9.47 Å². The van der Waals surface area contributed by atoms with Crippen LogP contribution >= 0.6 is 0 Å². The van der Waals surface area contributed by atoms with Crippen LogP contribution in [0.25, 0.3) is 0 Å². The molecule has 3 atom stereocenters. The Morgan fingerprint density at radius 1 is 1.35 bits per heavy atom. The molecular formula is C13H21NO6. The summed E-state index contributed by atoms with van der Waals surface area (Å²) in [5, 5.41) is 10.00. The third kappa shape index (κ3) is 3.69.